The van der Waals surface area contributed by atoms with Gasteiger partial charge in [0.1, 0.15) is 24.4 Å². The number of methoxy groups -OCH3 is 1. The van der Waals surface area contributed by atoms with Crippen LogP contribution in [-0.2, 0) is 27.0 Å². The molecule has 2 aromatic carbocycles. The number of imide groups is 1. The number of amides is 2. The predicted octanol–water partition coefficient (Wildman–Crippen LogP) is 7.40. The molecule has 6 aromatic rings. The quantitative estimate of drug-likeness (QED) is 0.0777. The molecule has 0 spiro atoms. The zero-order valence-corrected chi connectivity index (χ0v) is 40.2. The van der Waals surface area contributed by atoms with Crippen molar-refractivity contribution in [1.82, 2.24) is 39.5 Å². The van der Waals surface area contributed by atoms with Crippen LogP contribution in [0.5, 0.6) is 5.75 Å². The van der Waals surface area contributed by atoms with E-state index >= 15 is 0 Å². The Morgan fingerprint density at radius 2 is 1.72 bits per heavy atom. The Morgan fingerprint density at radius 1 is 0.923 bits per heavy atom. The zero-order chi connectivity index (χ0) is 45.4. The molecule has 3 N–H and O–H groups in total. The van der Waals surface area contributed by atoms with Gasteiger partial charge in [-0.3, -0.25) is 24.8 Å². The minimum absolute atomic E-state index is 0.211. The maximum Gasteiger partial charge on any atom is 0.235 e. The lowest BCUT2D eigenvalue weighted by Gasteiger charge is -2.43. The molecule has 2 amide bonds. The van der Waals surface area contributed by atoms with E-state index in [4.69, 9.17) is 14.7 Å². The van der Waals surface area contributed by atoms with Crippen LogP contribution in [-0.4, -0.2) is 118 Å². The van der Waals surface area contributed by atoms with E-state index in [9.17, 15) is 14.2 Å². The number of anilines is 5. The number of imidazole rings is 1. The number of nitrogens with zero attached hydrogens (tertiary/aromatic N) is 8. The number of ether oxygens (including phenoxy) is 1. The summed E-state index contributed by atoms with van der Waals surface area (Å²) in [6.07, 6.45) is 10.5. The molecule has 3 fully saturated rings. The number of carbonyl (C=O) groups is 2. The molecule has 4 aromatic heterocycles. The van der Waals surface area contributed by atoms with Crippen molar-refractivity contribution in [2.45, 2.75) is 64.3 Å². The number of pyridine rings is 2. The standard InChI is InChI=1S/C48H57BrN11O4P/c1-6-32-26-39(54-48-50-28-36(49)46(56-48)53-38-11-10-37-34(8-7-30(2)51-37)45(38)65(4,5)63)42(64-3)27-41(32)59-19-15-33(16-20-59)58-23-21-57(22-24-58)17-13-31-14-18-60-29-40(52-43(60)25-31)35-9-12-44(61)55-47(35)62/h7-8,10-11,14,18,25-29,33,35H,6,9,12-13,15-17,19-24H2,1-5H3,(H,55,61,62)(H2,50,53,54,56). The molecule has 17 heteroatoms. The molecule has 3 aliphatic heterocycles. The highest BCUT2D eigenvalue weighted by Gasteiger charge is 2.31. The van der Waals surface area contributed by atoms with Crippen molar-refractivity contribution in [2.75, 3.05) is 81.8 Å². The van der Waals surface area contributed by atoms with Gasteiger partial charge in [0.15, 0.2) is 0 Å². The lowest BCUT2D eigenvalue weighted by Crippen LogP contribution is -2.53. The Balaban J connectivity index is 0.799. The van der Waals surface area contributed by atoms with Crippen LogP contribution >= 0.6 is 23.1 Å². The second-order valence-corrected chi connectivity index (χ2v) is 21.8. The fourth-order valence-electron chi connectivity index (χ4n) is 9.65. The molecule has 3 aliphatic rings. The summed E-state index contributed by atoms with van der Waals surface area (Å²) in [5.41, 5.74) is 8.43. The molecule has 7 heterocycles. The molecule has 1 atom stereocenters. The van der Waals surface area contributed by atoms with E-state index < -0.39 is 7.14 Å². The van der Waals surface area contributed by atoms with Crippen LogP contribution in [0, 0.1) is 6.92 Å². The van der Waals surface area contributed by atoms with E-state index in [1.165, 1.54) is 16.8 Å². The van der Waals surface area contributed by atoms with E-state index in [1.807, 2.05) is 48.0 Å². The van der Waals surface area contributed by atoms with Gasteiger partial charge in [0.05, 0.1) is 40.1 Å². The number of benzene rings is 2. The topological polar surface area (TPSA) is 162 Å². The molecule has 0 saturated carbocycles. The van der Waals surface area contributed by atoms with Crippen molar-refractivity contribution in [1.29, 1.82) is 0 Å². The molecule has 340 valence electrons. The first kappa shape index (κ1) is 44.8. The predicted molar refractivity (Wildman–Crippen MR) is 262 cm³/mol. The first-order chi connectivity index (χ1) is 31.3. The molecule has 1 unspecified atom stereocenters. The average molecular weight is 963 g/mol. The fourth-order valence-corrected chi connectivity index (χ4v) is 11.4. The molecule has 0 aliphatic carbocycles. The summed E-state index contributed by atoms with van der Waals surface area (Å²) in [7, 11) is -1.03. The van der Waals surface area contributed by atoms with Gasteiger partial charge in [-0.25, -0.2) is 9.97 Å². The number of hydrogen-bond donors (Lipinski definition) is 3. The number of piperidine rings is 2. The smallest absolute Gasteiger partial charge is 0.235 e. The van der Waals surface area contributed by atoms with Crippen LogP contribution in [0.3, 0.4) is 0 Å². The Hall–Kier alpha value is -5.41. The number of carbonyl (C=O) groups excluding carboxylic acids is 2. The summed E-state index contributed by atoms with van der Waals surface area (Å²) in [6.45, 7) is 14.9. The Bertz CT molecular complexity index is 2810. The number of nitrogens with one attached hydrogen (secondary N) is 3. The molecule has 15 nitrogen and oxygen atoms in total. The maximum atomic E-state index is 13.7. The SMILES string of the molecule is CCc1cc(Nc2ncc(Br)c(Nc3ccc4nc(C)ccc4c3P(C)(C)=O)n2)c(OC)cc1N1CCC(N2CCN(CCc3ccn4cc(C5CCC(=O)NC5=O)nc4c3)CC2)CC1. The lowest BCUT2D eigenvalue weighted by molar-refractivity contribution is -0.134. The van der Waals surface area contributed by atoms with Crippen LogP contribution in [0.2, 0.25) is 0 Å². The van der Waals surface area contributed by atoms with E-state index in [0.29, 0.717) is 40.8 Å². The van der Waals surface area contributed by atoms with Crippen LogP contribution in [0.25, 0.3) is 16.6 Å². The summed E-state index contributed by atoms with van der Waals surface area (Å²) in [6, 6.07) is 16.9. The molecule has 0 bridgehead atoms. The van der Waals surface area contributed by atoms with Gasteiger partial charge in [-0.05, 0) is 116 Å². The van der Waals surface area contributed by atoms with Gasteiger partial charge in [0.25, 0.3) is 0 Å². The number of rotatable bonds is 13. The fraction of sp³-hybridized carbons (Fsp3) is 0.417. The van der Waals surface area contributed by atoms with E-state index in [0.717, 1.165) is 116 Å². The highest BCUT2D eigenvalue weighted by molar-refractivity contribution is 9.10. The van der Waals surface area contributed by atoms with Crippen LogP contribution in [0.1, 0.15) is 61.0 Å². The number of aryl methyl sites for hydroxylation is 2. The summed E-state index contributed by atoms with van der Waals surface area (Å²) in [4.78, 5) is 50.7. The molecular weight excluding hydrogens is 905 g/mol. The summed E-state index contributed by atoms with van der Waals surface area (Å²) < 4.78 is 22.3. The van der Waals surface area contributed by atoms with Crippen molar-refractivity contribution in [3.05, 3.63) is 94.1 Å². The molecule has 3 saturated heterocycles. The van der Waals surface area contributed by atoms with Crippen molar-refractivity contribution in [2.24, 2.45) is 0 Å². The highest BCUT2D eigenvalue weighted by Crippen LogP contribution is 2.42. The maximum absolute atomic E-state index is 13.7. The Kier molecular flexibility index (Phi) is 13.0. The van der Waals surface area contributed by atoms with Crippen molar-refractivity contribution in [3.63, 3.8) is 0 Å². The minimum Gasteiger partial charge on any atom is -0.494 e. The third-order valence-electron chi connectivity index (χ3n) is 13.1. The Morgan fingerprint density at radius 3 is 2.46 bits per heavy atom. The van der Waals surface area contributed by atoms with Crippen LogP contribution < -0.4 is 30.9 Å². The third-order valence-corrected chi connectivity index (χ3v) is 15.3. The van der Waals surface area contributed by atoms with Crippen LogP contribution in [0.4, 0.5) is 28.8 Å². The zero-order valence-electron chi connectivity index (χ0n) is 37.7. The van der Waals surface area contributed by atoms with Gasteiger partial charge in [0.2, 0.25) is 17.8 Å². The van der Waals surface area contributed by atoms with Gasteiger partial charge >= 0.3 is 0 Å². The normalized spacial score (nSPS) is 18.1. The monoisotopic (exact) mass is 961 g/mol. The molecule has 9 rings (SSSR count). The number of aromatic nitrogens is 5. The highest BCUT2D eigenvalue weighted by atomic mass is 79.9. The van der Waals surface area contributed by atoms with Crippen molar-refractivity contribution in [3.8, 4) is 5.75 Å². The van der Waals surface area contributed by atoms with Crippen molar-refractivity contribution < 1.29 is 18.9 Å². The first-order valence-electron chi connectivity index (χ1n) is 22.6. The summed E-state index contributed by atoms with van der Waals surface area (Å²) >= 11 is 3.63. The van der Waals surface area contributed by atoms with Gasteiger partial charge in [-0.15, -0.1) is 0 Å². The van der Waals surface area contributed by atoms with E-state index in [1.54, 1.807) is 26.6 Å². The minimum atomic E-state index is -2.72. The average Bonchev–Trinajstić information content (AvgIpc) is 3.72. The molecule has 0 radical (unpaired) electrons. The second kappa shape index (κ2) is 18.8. The van der Waals surface area contributed by atoms with Crippen LogP contribution in [0.15, 0.2) is 71.6 Å². The number of hydrogen-bond acceptors (Lipinski definition) is 13. The lowest BCUT2D eigenvalue weighted by atomic mass is 9.95. The second-order valence-electron chi connectivity index (χ2n) is 17.8. The van der Waals surface area contributed by atoms with Gasteiger partial charge in [0, 0.05) is 105 Å². The third kappa shape index (κ3) is 9.77. The first-order valence-corrected chi connectivity index (χ1v) is 26.0. The molecule has 65 heavy (non-hydrogen) atoms. The van der Waals surface area contributed by atoms with E-state index in [-0.39, 0.29) is 17.7 Å². The summed E-state index contributed by atoms with van der Waals surface area (Å²) in [5.74, 6) is 0.812. The van der Waals surface area contributed by atoms with Gasteiger partial charge in [-0.2, -0.15) is 4.98 Å². The Labute approximate surface area is 388 Å². The van der Waals surface area contributed by atoms with Gasteiger partial charge in [-0.1, -0.05) is 13.0 Å². The van der Waals surface area contributed by atoms with Crippen molar-refractivity contribution >= 4 is 85.6 Å². The number of halogens is 1. The van der Waals surface area contributed by atoms with E-state index in [2.05, 4.69) is 87.7 Å². The number of piperazine rings is 1. The van der Waals surface area contributed by atoms with Gasteiger partial charge < -0.3 is 34.1 Å². The largest absolute Gasteiger partial charge is 0.494 e. The molecular formula is C48H57BrN11O4P. The summed E-state index contributed by atoms with van der Waals surface area (Å²) in [5, 5.41) is 10.9. The number of fused-ring (bicyclic) bond motifs is 2.